The van der Waals surface area contributed by atoms with Crippen LogP contribution in [0.2, 0.25) is 0 Å². The monoisotopic (exact) mass is 290 g/mol. The molecule has 0 unspecified atom stereocenters. The standard InChI is InChI=1S/C15H18N2O4/c1-2-21-12-6-4-3-5-11(12)7-8-15(20)17-9-13(18)16-14(19)10-17/h3-6H,2,7-10H2,1H3,(H,16,18,19). The van der Waals surface area contributed by atoms with Gasteiger partial charge in [0.15, 0.2) is 0 Å². The number of imide groups is 1. The first-order valence-corrected chi connectivity index (χ1v) is 6.91. The van der Waals surface area contributed by atoms with E-state index in [1.165, 1.54) is 4.90 Å². The Morgan fingerprint density at radius 1 is 1.24 bits per heavy atom. The second-order valence-electron chi connectivity index (χ2n) is 4.76. The number of aryl methyl sites for hydroxylation is 1. The van der Waals surface area contributed by atoms with Crippen LogP contribution in [0.3, 0.4) is 0 Å². The van der Waals surface area contributed by atoms with Crippen LogP contribution in [-0.4, -0.2) is 42.3 Å². The molecule has 1 aromatic rings. The SMILES string of the molecule is CCOc1ccccc1CCC(=O)N1CC(=O)NC(=O)C1. The smallest absolute Gasteiger partial charge is 0.246 e. The normalized spacial score (nSPS) is 14.8. The first kappa shape index (κ1) is 15.0. The van der Waals surface area contributed by atoms with Gasteiger partial charge in [-0.15, -0.1) is 0 Å². The Hall–Kier alpha value is -2.37. The summed E-state index contributed by atoms with van der Waals surface area (Å²) in [5.41, 5.74) is 0.945. The molecule has 0 atom stereocenters. The number of nitrogens with zero attached hydrogens (tertiary/aromatic N) is 1. The maximum atomic E-state index is 12.1. The second kappa shape index (κ2) is 6.88. The van der Waals surface area contributed by atoms with Crippen molar-refractivity contribution in [3.63, 3.8) is 0 Å². The highest BCUT2D eigenvalue weighted by Crippen LogP contribution is 2.19. The van der Waals surface area contributed by atoms with E-state index in [4.69, 9.17) is 4.74 Å². The third-order valence-electron chi connectivity index (χ3n) is 3.18. The zero-order chi connectivity index (χ0) is 15.2. The van der Waals surface area contributed by atoms with Gasteiger partial charge in [0.1, 0.15) is 18.8 Å². The quantitative estimate of drug-likeness (QED) is 0.801. The van der Waals surface area contributed by atoms with Crippen molar-refractivity contribution < 1.29 is 19.1 Å². The molecule has 0 aromatic heterocycles. The number of hydrogen-bond donors (Lipinski definition) is 1. The zero-order valence-electron chi connectivity index (χ0n) is 11.9. The Balaban J connectivity index is 1.95. The van der Waals surface area contributed by atoms with Crippen molar-refractivity contribution in [3.8, 4) is 5.75 Å². The van der Waals surface area contributed by atoms with Gasteiger partial charge in [-0.3, -0.25) is 19.7 Å². The fourth-order valence-corrected chi connectivity index (χ4v) is 2.22. The van der Waals surface area contributed by atoms with Gasteiger partial charge in [0.2, 0.25) is 17.7 Å². The summed E-state index contributed by atoms with van der Waals surface area (Å²) in [5.74, 6) is -0.312. The molecule has 1 aromatic carbocycles. The summed E-state index contributed by atoms with van der Waals surface area (Å²) in [7, 11) is 0. The van der Waals surface area contributed by atoms with Crippen molar-refractivity contribution in [2.75, 3.05) is 19.7 Å². The highest BCUT2D eigenvalue weighted by atomic mass is 16.5. The number of rotatable bonds is 5. The molecule has 21 heavy (non-hydrogen) atoms. The van der Waals surface area contributed by atoms with Crippen molar-refractivity contribution in [1.29, 1.82) is 0 Å². The van der Waals surface area contributed by atoms with Gasteiger partial charge in [0.05, 0.1) is 6.61 Å². The topological polar surface area (TPSA) is 75.7 Å². The van der Waals surface area contributed by atoms with Gasteiger partial charge in [0.25, 0.3) is 0 Å². The number of ether oxygens (including phenoxy) is 1. The minimum atomic E-state index is -0.436. The van der Waals surface area contributed by atoms with Crippen molar-refractivity contribution in [3.05, 3.63) is 29.8 Å². The lowest BCUT2D eigenvalue weighted by atomic mass is 10.1. The summed E-state index contributed by atoms with van der Waals surface area (Å²) in [6, 6.07) is 7.54. The van der Waals surface area contributed by atoms with Gasteiger partial charge in [0, 0.05) is 6.42 Å². The highest BCUT2D eigenvalue weighted by molar-refractivity contribution is 6.02. The Labute approximate surface area is 123 Å². The minimum Gasteiger partial charge on any atom is -0.494 e. The summed E-state index contributed by atoms with van der Waals surface area (Å²) in [6.07, 6.45) is 0.756. The molecule has 0 bridgehead atoms. The summed E-state index contributed by atoms with van der Waals surface area (Å²) < 4.78 is 5.51. The van der Waals surface area contributed by atoms with Gasteiger partial charge in [-0.2, -0.15) is 0 Å². The Morgan fingerprint density at radius 3 is 2.57 bits per heavy atom. The van der Waals surface area contributed by atoms with Crippen LogP contribution in [0.4, 0.5) is 0 Å². The molecule has 1 aliphatic heterocycles. The molecule has 1 fully saturated rings. The molecule has 0 aliphatic carbocycles. The van der Waals surface area contributed by atoms with E-state index in [1.807, 2.05) is 31.2 Å². The van der Waals surface area contributed by atoms with Crippen molar-refractivity contribution in [2.45, 2.75) is 19.8 Å². The number of carbonyl (C=O) groups excluding carboxylic acids is 3. The van der Waals surface area contributed by atoms with Crippen LogP contribution in [0.5, 0.6) is 5.75 Å². The van der Waals surface area contributed by atoms with E-state index in [0.29, 0.717) is 13.0 Å². The summed E-state index contributed by atoms with van der Waals surface area (Å²) >= 11 is 0. The van der Waals surface area contributed by atoms with E-state index in [0.717, 1.165) is 11.3 Å². The largest absolute Gasteiger partial charge is 0.494 e. The van der Waals surface area contributed by atoms with Crippen molar-refractivity contribution in [2.24, 2.45) is 0 Å². The maximum Gasteiger partial charge on any atom is 0.246 e. The highest BCUT2D eigenvalue weighted by Gasteiger charge is 2.25. The van der Waals surface area contributed by atoms with Crippen LogP contribution < -0.4 is 10.1 Å². The molecule has 6 nitrogen and oxygen atoms in total. The van der Waals surface area contributed by atoms with E-state index >= 15 is 0 Å². The average molecular weight is 290 g/mol. The predicted octanol–water partition coefficient (Wildman–Crippen LogP) is 0.503. The van der Waals surface area contributed by atoms with Crippen LogP contribution in [0, 0.1) is 0 Å². The lowest BCUT2D eigenvalue weighted by Gasteiger charge is -2.25. The molecule has 2 rings (SSSR count). The third kappa shape index (κ3) is 4.05. The molecule has 6 heteroatoms. The van der Waals surface area contributed by atoms with E-state index in [1.54, 1.807) is 0 Å². The second-order valence-corrected chi connectivity index (χ2v) is 4.76. The molecule has 3 amide bonds. The molecule has 112 valence electrons. The summed E-state index contributed by atoms with van der Waals surface area (Å²) in [5, 5.41) is 2.17. The van der Waals surface area contributed by atoms with Gasteiger partial charge in [-0.25, -0.2) is 0 Å². The zero-order valence-corrected chi connectivity index (χ0v) is 11.9. The lowest BCUT2D eigenvalue weighted by molar-refractivity contribution is -0.145. The number of piperazine rings is 1. The maximum absolute atomic E-state index is 12.1. The molecule has 0 radical (unpaired) electrons. The van der Waals surface area contributed by atoms with Gasteiger partial charge in [-0.1, -0.05) is 18.2 Å². The van der Waals surface area contributed by atoms with E-state index in [2.05, 4.69) is 5.32 Å². The van der Waals surface area contributed by atoms with Gasteiger partial charge < -0.3 is 9.64 Å². The average Bonchev–Trinajstić information content (AvgIpc) is 2.45. The molecule has 1 heterocycles. The predicted molar refractivity (Wildman–Crippen MR) is 75.7 cm³/mol. The Bertz CT molecular complexity index is 540. The van der Waals surface area contributed by atoms with Gasteiger partial charge >= 0.3 is 0 Å². The molecular formula is C15H18N2O4. The number of carbonyl (C=O) groups is 3. The van der Waals surface area contributed by atoms with Crippen LogP contribution in [0.25, 0.3) is 0 Å². The fourth-order valence-electron chi connectivity index (χ4n) is 2.22. The van der Waals surface area contributed by atoms with Crippen molar-refractivity contribution >= 4 is 17.7 Å². The molecular weight excluding hydrogens is 272 g/mol. The summed E-state index contributed by atoms with van der Waals surface area (Å²) in [6.45, 7) is 2.35. The Kier molecular flexibility index (Phi) is 4.92. The van der Waals surface area contributed by atoms with Crippen LogP contribution in [0.1, 0.15) is 18.9 Å². The summed E-state index contributed by atoms with van der Waals surface area (Å²) in [4.78, 5) is 35.9. The molecule has 1 aliphatic rings. The number of para-hydroxylation sites is 1. The van der Waals surface area contributed by atoms with Crippen molar-refractivity contribution in [1.82, 2.24) is 10.2 Å². The molecule has 1 saturated heterocycles. The molecule has 1 N–H and O–H groups in total. The lowest BCUT2D eigenvalue weighted by Crippen LogP contribution is -2.53. The fraction of sp³-hybridized carbons (Fsp3) is 0.400. The number of nitrogens with one attached hydrogen (secondary N) is 1. The van der Waals surface area contributed by atoms with Crippen LogP contribution in [0.15, 0.2) is 24.3 Å². The number of hydrogen-bond acceptors (Lipinski definition) is 4. The molecule has 0 spiro atoms. The van der Waals surface area contributed by atoms with E-state index in [-0.39, 0.29) is 25.4 Å². The Morgan fingerprint density at radius 2 is 1.90 bits per heavy atom. The molecule has 0 saturated carbocycles. The third-order valence-corrected chi connectivity index (χ3v) is 3.18. The van der Waals surface area contributed by atoms with Crippen LogP contribution in [-0.2, 0) is 20.8 Å². The number of benzene rings is 1. The van der Waals surface area contributed by atoms with Gasteiger partial charge in [-0.05, 0) is 25.0 Å². The minimum absolute atomic E-state index is 0.0579. The van der Waals surface area contributed by atoms with E-state index < -0.39 is 11.8 Å². The van der Waals surface area contributed by atoms with Crippen LogP contribution >= 0.6 is 0 Å². The van der Waals surface area contributed by atoms with E-state index in [9.17, 15) is 14.4 Å². The number of amides is 3. The first-order valence-electron chi connectivity index (χ1n) is 6.91. The first-order chi connectivity index (χ1) is 10.1.